The van der Waals surface area contributed by atoms with Crippen LogP contribution in [0.2, 0.25) is 23.2 Å². The molecule has 3 fully saturated rings. The SMILES string of the molecule is Clc1ccc([Si]2(CCN3CCC(N4CCOCC4)CC3)CCCCC2)cc1. The highest BCUT2D eigenvalue weighted by Crippen LogP contribution is 2.32. The number of nitrogens with zero attached hydrogens (tertiary/aromatic N) is 2. The molecule has 3 saturated heterocycles. The van der Waals surface area contributed by atoms with E-state index in [9.17, 15) is 0 Å². The van der Waals surface area contributed by atoms with E-state index in [2.05, 4.69) is 34.1 Å². The highest BCUT2D eigenvalue weighted by atomic mass is 35.5. The number of morpholine rings is 1. The summed E-state index contributed by atoms with van der Waals surface area (Å²) in [6.45, 7) is 8.00. The van der Waals surface area contributed by atoms with Crippen molar-refractivity contribution in [2.75, 3.05) is 45.9 Å². The molecular formula is C22H35ClN2OSi. The standard InChI is InChI=1S/C22H35ClN2OSi/c23-20-4-6-22(7-5-20)27(17-2-1-3-18-27)19-14-24-10-8-21(9-11-24)25-12-15-26-16-13-25/h4-7,21H,1-3,8-19H2. The van der Waals surface area contributed by atoms with Crippen molar-refractivity contribution in [1.82, 2.24) is 9.80 Å². The number of hydrogen-bond donors (Lipinski definition) is 0. The quantitative estimate of drug-likeness (QED) is 0.688. The Morgan fingerprint density at radius 3 is 2.26 bits per heavy atom. The van der Waals surface area contributed by atoms with E-state index in [0.29, 0.717) is 0 Å². The van der Waals surface area contributed by atoms with Crippen LogP contribution in [0.3, 0.4) is 0 Å². The Labute approximate surface area is 171 Å². The lowest BCUT2D eigenvalue weighted by atomic mass is 10.0. The smallest absolute Gasteiger partial charge is 0.0879 e. The molecule has 3 nitrogen and oxygen atoms in total. The summed E-state index contributed by atoms with van der Waals surface area (Å²) in [5.41, 5.74) is 0. The van der Waals surface area contributed by atoms with Gasteiger partial charge in [-0.1, -0.05) is 60.3 Å². The maximum atomic E-state index is 6.17. The van der Waals surface area contributed by atoms with Crippen molar-refractivity contribution in [3.05, 3.63) is 29.3 Å². The van der Waals surface area contributed by atoms with Crippen molar-refractivity contribution < 1.29 is 4.74 Å². The zero-order valence-electron chi connectivity index (χ0n) is 16.7. The molecule has 0 N–H and O–H groups in total. The van der Waals surface area contributed by atoms with Crippen molar-refractivity contribution in [2.24, 2.45) is 0 Å². The van der Waals surface area contributed by atoms with Crippen molar-refractivity contribution in [3.63, 3.8) is 0 Å². The van der Waals surface area contributed by atoms with Gasteiger partial charge in [0.15, 0.2) is 0 Å². The van der Waals surface area contributed by atoms with Gasteiger partial charge in [0.1, 0.15) is 0 Å². The maximum absolute atomic E-state index is 6.17. The molecule has 4 rings (SSSR count). The fraction of sp³-hybridized carbons (Fsp3) is 0.727. The van der Waals surface area contributed by atoms with Gasteiger partial charge in [0.25, 0.3) is 0 Å². The van der Waals surface area contributed by atoms with Gasteiger partial charge in [-0.05, 0) is 50.7 Å². The molecule has 3 heterocycles. The summed E-state index contributed by atoms with van der Waals surface area (Å²) < 4.78 is 5.52. The van der Waals surface area contributed by atoms with E-state index in [1.807, 2.05) is 0 Å². The van der Waals surface area contributed by atoms with Crippen molar-refractivity contribution in [1.29, 1.82) is 0 Å². The van der Waals surface area contributed by atoms with Crippen LogP contribution in [-0.4, -0.2) is 69.9 Å². The first kappa shape index (κ1) is 19.9. The van der Waals surface area contributed by atoms with Crippen molar-refractivity contribution in [2.45, 2.75) is 56.3 Å². The van der Waals surface area contributed by atoms with E-state index in [1.54, 1.807) is 5.19 Å². The van der Waals surface area contributed by atoms with Gasteiger partial charge < -0.3 is 9.64 Å². The predicted octanol–water partition coefficient (Wildman–Crippen LogP) is 3.98. The zero-order valence-corrected chi connectivity index (χ0v) is 18.4. The molecule has 0 aliphatic carbocycles. The molecule has 0 spiro atoms. The lowest BCUT2D eigenvalue weighted by Gasteiger charge is -2.42. The third kappa shape index (κ3) is 4.97. The molecule has 0 aromatic heterocycles. The fourth-order valence-electron chi connectivity index (χ4n) is 5.54. The minimum Gasteiger partial charge on any atom is -0.379 e. The van der Waals surface area contributed by atoms with E-state index >= 15 is 0 Å². The van der Waals surface area contributed by atoms with Crippen LogP contribution in [0, 0.1) is 0 Å². The van der Waals surface area contributed by atoms with E-state index in [1.165, 1.54) is 69.9 Å². The van der Waals surface area contributed by atoms with Gasteiger partial charge >= 0.3 is 0 Å². The van der Waals surface area contributed by atoms with Crippen LogP contribution in [0.25, 0.3) is 0 Å². The van der Waals surface area contributed by atoms with E-state index < -0.39 is 8.07 Å². The van der Waals surface area contributed by atoms with Gasteiger partial charge in [0.05, 0.1) is 21.3 Å². The average molecular weight is 407 g/mol. The van der Waals surface area contributed by atoms with E-state index in [0.717, 1.165) is 37.4 Å². The van der Waals surface area contributed by atoms with Crippen LogP contribution in [0.4, 0.5) is 0 Å². The number of rotatable bonds is 5. The van der Waals surface area contributed by atoms with Gasteiger partial charge in [-0.2, -0.15) is 0 Å². The number of piperidine rings is 1. The molecule has 0 bridgehead atoms. The van der Waals surface area contributed by atoms with Crippen LogP contribution in [0.1, 0.15) is 32.1 Å². The summed E-state index contributed by atoms with van der Waals surface area (Å²) in [6, 6.07) is 14.1. The Kier molecular flexibility index (Phi) is 6.93. The van der Waals surface area contributed by atoms with Crippen LogP contribution < -0.4 is 5.19 Å². The Morgan fingerprint density at radius 1 is 0.926 bits per heavy atom. The summed E-state index contributed by atoms with van der Waals surface area (Å²) in [6.07, 6.45) is 7.00. The molecule has 0 saturated carbocycles. The summed E-state index contributed by atoms with van der Waals surface area (Å²) >= 11 is 6.17. The van der Waals surface area contributed by atoms with Gasteiger partial charge in [0, 0.05) is 24.2 Å². The largest absolute Gasteiger partial charge is 0.379 e. The Bertz CT molecular complexity index is 576. The molecule has 5 heteroatoms. The third-order valence-electron chi connectivity index (χ3n) is 7.29. The normalized spacial score (nSPS) is 25.5. The second-order valence-electron chi connectivity index (χ2n) is 8.82. The molecule has 0 atom stereocenters. The molecule has 0 amide bonds. The number of ether oxygens (including phenoxy) is 1. The lowest BCUT2D eigenvalue weighted by molar-refractivity contribution is 0.00132. The first-order valence-corrected chi connectivity index (χ1v) is 14.1. The topological polar surface area (TPSA) is 15.7 Å². The van der Waals surface area contributed by atoms with Gasteiger partial charge in [0.2, 0.25) is 0 Å². The number of hydrogen-bond acceptors (Lipinski definition) is 3. The molecule has 0 unspecified atom stereocenters. The number of halogens is 1. The maximum Gasteiger partial charge on any atom is 0.0879 e. The summed E-state index contributed by atoms with van der Waals surface area (Å²) in [5.74, 6) is 0. The number of benzene rings is 1. The molecule has 150 valence electrons. The summed E-state index contributed by atoms with van der Waals surface area (Å²) in [7, 11) is -1.34. The average Bonchev–Trinajstić information content (AvgIpc) is 2.74. The minimum absolute atomic E-state index is 0.794. The Morgan fingerprint density at radius 2 is 1.59 bits per heavy atom. The van der Waals surface area contributed by atoms with Crippen LogP contribution >= 0.6 is 11.6 Å². The summed E-state index contributed by atoms with van der Waals surface area (Å²) in [5, 5.41) is 2.54. The van der Waals surface area contributed by atoms with Crippen LogP contribution in [0.5, 0.6) is 0 Å². The molecular weight excluding hydrogens is 372 g/mol. The van der Waals surface area contributed by atoms with Gasteiger partial charge in [-0.3, -0.25) is 4.90 Å². The molecule has 27 heavy (non-hydrogen) atoms. The Balaban J connectivity index is 1.32. The minimum atomic E-state index is -1.34. The molecule has 3 aliphatic rings. The van der Waals surface area contributed by atoms with E-state index in [-0.39, 0.29) is 0 Å². The van der Waals surface area contributed by atoms with Crippen molar-refractivity contribution in [3.8, 4) is 0 Å². The molecule has 3 aliphatic heterocycles. The first-order chi connectivity index (χ1) is 13.3. The lowest BCUT2D eigenvalue weighted by Crippen LogP contribution is -2.52. The van der Waals surface area contributed by atoms with Crippen LogP contribution in [-0.2, 0) is 4.74 Å². The van der Waals surface area contributed by atoms with E-state index in [4.69, 9.17) is 16.3 Å². The molecule has 1 aromatic carbocycles. The number of likely N-dealkylation sites (tertiary alicyclic amines) is 1. The van der Waals surface area contributed by atoms with Crippen LogP contribution in [0.15, 0.2) is 24.3 Å². The summed E-state index contributed by atoms with van der Waals surface area (Å²) in [4.78, 5) is 5.43. The first-order valence-electron chi connectivity index (χ1n) is 11.1. The molecule has 1 aromatic rings. The van der Waals surface area contributed by atoms with Gasteiger partial charge in [-0.25, -0.2) is 0 Å². The van der Waals surface area contributed by atoms with Crippen molar-refractivity contribution >= 4 is 24.9 Å². The Hall–Kier alpha value is -0.393. The highest BCUT2D eigenvalue weighted by Gasteiger charge is 2.37. The highest BCUT2D eigenvalue weighted by molar-refractivity contribution is 6.92. The second-order valence-corrected chi connectivity index (χ2v) is 13.9. The third-order valence-corrected chi connectivity index (χ3v) is 12.9. The monoisotopic (exact) mass is 406 g/mol. The fourth-order valence-corrected chi connectivity index (χ4v) is 10.8. The molecule has 0 radical (unpaired) electrons. The predicted molar refractivity (Wildman–Crippen MR) is 117 cm³/mol. The van der Waals surface area contributed by atoms with Gasteiger partial charge in [-0.15, -0.1) is 0 Å². The second kappa shape index (κ2) is 9.40. The zero-order chi connectivity index (χ0) is 18.5.